The fraction of sp³-hybridized carbons (Fsp3) is 0.583. The summed E-state index contributed by atoms with van der Waals surface area (Å²) in [6.45, 7) is 2.12. The minimum absolute atomic E-state index is 0.181. The minimum atomic E-state index is -0.248. The highest BCUT2D eigenvalue weighted by molar-refractivity contribution is 14.1. The summed E-state index contributed by atoms with van der Waals surface area (Å²) < 4.78 is 0.595. The molecule has 3 amide bonds. The second-order valence-electron chi connectivity index (χ2n) is 4.51. The van der Waals surface area contributed by atoms with E-state index < -0.39 is 0 Å². The summed E-state index contributed by atoms with van der Waals surface area (Å²) in [7, 11) is 0. The van der Waals surface area contributed by atoms with Gasteiger partial charge in [0, 0.05) is 42.1 Å². The summed E-state index contributed by atoms with van der Waals surface area (Å²) in [4.78, 5) is 37.2. The molecular weight excluding hydrogens is 347 g/mol. The second-order valence-corrected chi connectivity index (χ2v) is 6.28. The molecule has 0 aliphatic carbocycles. The van der Waals surface area contributed by atoms with Gasteiger partial charge in [0.15, 0.2) is 0 Å². The topological polar surface area (TPSA) is 57.7 Å². The molecule has 0 aromatic heterocycles. The Labute approximate surface area is 119 Å². The average Bonchev–Trinajstić information content (AvgIpc) is 2.61. The van der Waals surface area contributed by atoms with Gasteiger partial charge in [0.2, 0.25) is 5.91 Å². The summed E-state index contributed by atoms with van der Waals surface area (Å²) in [5.41, 5.74) is 0. The number of carbonyl (C=O) groups is 3. The maximum Gasteiger partial charge on any atom is 0.253 e. The molecule has 2 heterocycles. The Hall–Kier alpha value is -0.920. The van der Waals surface area contributed by atoms with Crippen LogP contribution in [0.25, 0.3) is 0 Å². The van der Waals surface area contributed by atoms with Crippen LogP contribution in [0.2, 0.25) is 0 Å². The average molecular weight is 362 g/mol. The highest BCUT2D eigenvalue weighted by Gasteiger charge is 2.28. The van der Waals surface area contributed by atoms with Crippen LogP contribution >= 0.6 is 22.6 Å². The summed E-state index contributed by atoms with van der Waals surface area (Å²) in [6, 6.07) is 0. The zero-order valence-corrected chi connectivity index (χ0v) is 12.1. The van der Waals surface area contributed by atoms with Crippen molar-refractivity contribution in [1.82, 2.24) is 9.80 Å². The number of hydrogen-bond donors (Lipinski definition) is 0. The Bertz CT molecular complexity index is 384. The molecule has 0 aromatic rings. The van der Waals surface area contributed by atoms with E-state index in [-0.39, 0.29) is 17.7 Å². The largest absolute Gasteiger partial charge is 0.340 e. The van der Waals surface area contributed by atoms with Crippen molar-refractivity contribution >= 4 is 40.3 Å². The Balaban J connectivity index is 1.60. The predicted molar refractivity (Wildman–Crippen MR) is 74.1 cm³/mol. The number of rotatable bonds is 5. The predicted octanol–water partition coefficient (Wildman–Crippen LogP) is 0.728. The number of alkyl halides is 1. The third-order valence-corrected chi connectivity index (χ3v) is 3.90. The van der Waals surface area contributed by atoms with Crippen molar-refractivity contribution in [3.8, 4) is 0 Å². The van der Waals surface area contributed by atoms with Crippen LogP contribution < -0.4 is 0 Å². The van der Waals surface area contributed by atoms with E-state index in [4.69, 9.17) is 0 Å². The Morgan fingerprint density at radius 3 is 2.39 bits per heavy atom. The quantitative estimate of drug-likeness (QED) is 0.314. The van der Waals surface area contributed by atoms with Gasteiger partial charge < -0.3 is 4.90 Å². The van der Waals surface area contributed by atoms with Crippen LogP contribution in [0.15, 0.2) is 12.2 Å². The summed E-state index contributed by atoms with van der Waals surface area (Å²) in [5, 5.41) is 0. The van der Waals surface area contributed by atoms with Gasteiger partial charge in [-0.05, 0) is 12.8 Å². The van der Waals surface area contributed by atoms with Crippen molar-refractivity contribution in [2.75, 3.05) is 19.6 Å². The van der Waals surface area contributed by atoms with Crippen LogP contribution in [0.4, 0.5) is 0 Å². The first kappa shape index (κ1) is 13.5. The van der Waals surface area contributed by atoms with Gasteiger partial charge in [-0.2, -0.15) is 0 Å². The van der Waals surface area contributed by atoms with Crippen LogP contribution in [-0.4, -0.2) is 51.1 Å². The fourth-order valence-electron chi connectivity index (χ4n) is 1.98. The van der Waals surface area contributed by atoms with E-state index in [0.29, 0.717) is 23.3 Å². The van der Waals surface area contributed by atoms with Gasteiger partial charge in [-0.25, -0.2) is 0 Å². The molecule has 6 heteroatoms. The number of carbonyl (C=O) groups excluding carboxylic acids is 3. The van der Waals surface area contributed by atoms with E-state index in [1.807, 2.05) is 4.90 Å². The highest BCUT2D eigenvalue weighted by Crippen LogP contribution is 2.18. The minimum Gasteiger partial charge on any atom is -0.340 e. The number of unbranched alkanes of at least 4 members (excludes halogenated alkanes) is 1. The van der Waals surface area contributed by atoms with Crippen LogP contribution in [0.1, 0.15) is 19.3 Å². The van der Waals surface area contributed by atoms with E-state index in [1.165, 1.54) is 17.1 Å². The molecule has 0 radical (unpaired) electrons. The van der Waals surface area contributed by atoms with Crippen molar-refractivity contribution in [2.24, 2.45) is 0 Å². The Kier molecular flexibility index (Phi) is 4.36. The summed E-state index contributed by atoms with van der Waals surface area (Å²) in [6.07, 6.45) is 4.49. The molecule has 0 saturated carbocycles. The number of likely N-dealkylation sites (tertiary alicyclic amines) is 1. The smallest absolute Gasteiger partial charge is 0.253 e. The van der Waals surface area contributed by atoms with Crippen molar-refractivity contribution in [3.05, 3.63) is 12.2 Å². The first-order valence-electron chi connectivity index (χ1n) is 6.03. The van der Waals surface area contributed by atoms with E-state index >= 15 is 0 Å². The lowest BCUT2D eigenvalue weighted by Crippen LogP contribution is -2.50. The maximum atomic E-state index is 11.7. The zero-order chi connectivity index (χ0) is 13.1. The monoisotopic (exact) mass is 362 g/mol. The van der Waals surface area contributed by atoms with Crippen molar-refractivity contribution in [3.63, 3.8) is 0 Å². The Morgan fingerprint density at radius 2 is 1.83 bits per heavy atom. The van der Waals surface area contributed by atoms with E-state index in [2.05, 4.69) is 22.6 Å². The molecule has 0 bridgehead atoms. The second kappa shape index (κ2) is 5.81. The third-order valence-electron chi connectivity index (χ3n) is 3.11. The third kappa shape index (κ3) is 3.09. The molecule has 0 N–H and O–H groups in total. The molecule has 98 valence electrons. The van der Waals surface area contributed by atoms with E-state index in [0.717, 1.165) is 19.5 Å². The molecule has 5 nitrogen and oxygen atoms in total. The summed E-state index contributed by atoms with van der Waals surface area (Å²) >= 11 is 2.33. The first-order chi connectivity index (χ1) is 8.58. The normalized spacial score (nSPS) is 19.6. The lowest BCUT2D eigenvalue weighted by Gasteiger charge is -2.36. The lowest BCUT2D eigenvalue weighted by atomic mass is 10.1. The van der Waals surface area contributed by atoms with Crippen molar-refractivity contribution in [2.45, 2.75) is 23.2 Å². The highest BCUT2D eigenvalue weighted by atomic mass is 127. The van der Waals surface area contributed by atoms with Gasteiger partial charge in [-0.15, -0.1) is 0 Å². The number of imide groups is 1. The molecule has 0 unspecified atom stereocenters. The van der Waals surface area contributed by atoms with Crippen LogP contribution in [0.3, 0.4) is 0 Å². The lowest BCUT2D eigenvalue weighted by molar-refractivity contribution is -0.136. The van der Waals surface area contributed by atoms with Crippen molar-refractivity contribution in [1.29, 1.82) is 0 Å². The number of hydrogen-bond acceptors (Lipinski definition) is 3. The molecule has 0 aromatic carbocycles. The molecule has 1 fully saturated rings. The number of nitrogens with zero attached hydrogens (tertiary/aromatic N) is 2. The SMILES string of the molecule is O=C(CCCCN1C(=O)C=CC1=O)N1CC(I)C1. The van der Waals surface area contributed by atoms with Crippen LogP contribution in [-0.2, 0) is 14.4 Å². The van der Waals surface area contributed by atoms with Gasteiger partial charge >= 0.3 is 0 Å². The van der Waals surface area contributed by atoms with Gasteiger partial charge in [-0.3, -0.25) is 19.3 Å². The van der Waals surface area contributed by atoms with E-state index in [9.17, 15) is 14.4 Å². The fourth-order valence-corrected chi connectivity index (χ4v) is 2.94. The zero-order valence-electron chi connectivity index (χ0n) is 9.97. The molecule has 2 aliphatic rings. The standard InChI is InChI=1S/C12H15IN2O3/c13-9-7-14(8-9)10(16)3-1-2-6-15-11(17)4-5-12(15)18/h4-5,9H,1-3,6-8H2. The molecule has 2 aliphatic heterocycles. The van der Waals surface area contributed by atoms with Gasteiger partial charge in [0.05, 0.1) is 0 Å². The molecular formula is C12H15IN2O3. The first-order valence-corrected chi connectivity index (χ1v) is 7.28. The van der Waals surface area contributed by atoms with Gasteiger partial charge in [0.1, 0.15) is 0 Å². The van der Waals surface area contributed by atoms with Crippen LogP contribution in [0, 0.1) is 0 Å². The van der Waals surface area contributed by atoms with Crippen LogP contribution in [0.5, 0.6) is 0 Å². The molecule has 18 heavy (non-hydrogen) atoms. The molecule has 0 spiro atoms. The maximum absolute atomic E-state index is 11.7. The van der Waals surface area contributed by atoms with Crippen molar-refractivity contribution < 1.29 is 14.4 Å². The Morgan fingerprint density at radius 1 is 1.22 bits per heavy atom. The summed E-state index contributed by atoms with van der Waals surface area (Å²) in [5.74, 6) is -0.316. The van der Waals surface area contributed by atoms with Gasteiger partial charge in [-0.1, -0.05) is 22.6 Å². The molecule has 2 rings (SSSR count). The number of amides is 3. The van der Waals surface area contributed by atoms with E-state index in [1.54, 1.807) is 0 Å². The molecule has 0 atom stereocenters. The number of halogens is 1. The molecule has 1 saturated heterocycles. The van der Waals surface area contributed by atoms with Gasteiger partial charge in [0.25, 0.3) is 11.8 Å².